The molecule has 0 atom stereocenters. The maximum Gasteiger partial charge on any atom is 0.230 e. The Kier molecular flexibility index (Phi) is 4.61. The molecule has 5 heteroatoms. The summed E-state index contributed by atoms with van der Waals surface area (Å²) in [6, 6.07) is 11.1. The topological polar surface area (TPSA) is 64.4 Å². The summed E-state index contributed by atoms with van der Waals surface area (Å²) in [5.74, 6) is 0.895. The largest absolute Gasteiger partial charge is 0.497 e. The van der Waals surface area contributed by atoms with Gasteiger partial charge in [-0.1, -0.05) is 19.3 Å². The highest BCUT2D eigenvalue weighted by Crippen LogP contribution is 2.33. The molecule has 0 saturated heterocycles. The number of carbonyl (C=O) groups excluding carboxylic acids is 1. The number of anilines is 1. The van der Waals surface area contributed by atoms with Crippen molar-refractivity contribution in [2.24, 2.45) is 0 Å². The number of rotatable bonds is 5. The van der Waals surface area contributed by atoms with Crippen LogP contribution in [0.3, 0.4) is 0 Å². The molecule has 3 aromatic rings. The van der Waals surface area contributed by atoms with Crippen LogP contribution in [0.4, 0.5) is 5.69 Å². The molecule has 2 aromatic heterocycles. The zero-order valence-electron chi connectivity index (χ0n) is 14.8. The summed E-state index contributed by atoms with van der Waals surface area (Å²) < 4.78 is 11.1. The van der Waals surface area contributed by atoms with Gasteiger partial charge in [-0.2, -0.15) is 0 Å². The number of carbonyl (C=O) groups is 1. The Hall–Kier alpha value is -2.82. The number of furan rings is 1. The van der Waals surface area contributed by atoms with Crippen LogP contribution in [0, 0.1) is 0 Å². The van der Waals surface area contributed by atoms with Gasteiger partial charge in [-0.25, -0.2) is 0 Å². The fourth-order valence-electron chi connectivity index (χ4n) is 3.55. The Morgan fingerprint density at radius 2 is 1.92 bits per heavy atom. The molecule has 0 bridgehead atoms. The first-order chi connectivity index (χ1) is 12.8. The van der Waals surface area contributed by atoms with Crippen LogP contribution in [-0.2, 0) is 0 Å². The van der Waals surface area contributed by atoms with E-state index in [1.807, 2.05) is 12.1 Å². The van der Waals surface area contributed by atoms with Crippen molar-refractivity contribution in [1.82, 2.24) is 4.98 Å². The minimum Gasteiger partial charge on any atom is -0.497 e. The molecule has 1 aliphatic rings. The average Bonchev–Trinajstić information content (AvgIpc) is 3.07. The van der Waals surface area contributed by atoms with Crippen LogP contribution in [0.2, 0.25) is 0 Å². The van der Waals surface area contributed by atoms with Crippen molar-refractivity contribution >= 4 is 22.6 Å². The molecule has 0 spiro atoms. The van der Waals surface area contributed by atoms with E-state index < -0.39 is 0 Å². The number of hydrogen-bond acceptors (Lipinski definition) is 5. The van der Waals surface area contributed by atoms with Crippen LogP contribution in [0.5, 0.6) is 5.75 Å². The molecular formula is C21H22N2O3. The van der Waals surface area contributed by atoms with E-state index >= 15 is 0 Å². The minimum absolute atomic E-state index is 0.149. The van der Waals surface area contributed by atoms with E-state index in [9.17, 15) is 4.79 Å². The highest BCUT2D eigenvalue weighted by Gasteiger charge is 2.25. The Bertz CT molecular complexity index is 909. The van der Waals surface area contributed by atoms with Gasteiger partial charge in [0.15, 0.2) is 5.58 Å². The lowest BCUT2D eigenvalue weighted by molar-refractivity contribution is 0.101. The van der Waals surface area contributed by atoms with Crippen LogP contribution in [-0.4, -0.2) is 23.9 Å². The molecular weight excluding hydrogens is 328 g/mol. The Labute approximate surface area is 152 Å². The molecule has 1 aromatic carbocycles. The number of hydrogen-bond donors (Lipinski definition) is 1. The van der Waals surface area contributed by atoms with Crippen LogP contribution in [0.15, 0.2) is 47.0 Å². The van der Waals surface area contributed by atoms with E-state index in [4.69, 9.17) is 9.15 Å². The molecule has 0 unspecified atom stereocenters. The van der Waals surface area contributed by atoms with Gasteiger partial charge in [-0.3, -0.25) is 9.78 Å². The van der Waals surface area contributed by atoms with Gasteiger partial charge >= 0.3 is 0 Å². The second kappa shape index (κ2) is 7.20. The van der Waals surface area contributed by atoms with Crippen molar-refractivity contribution < 1.29 is 13.9 Å². The predicted octanol–water partition coefficient (Wildman–Crippen LogP) is 4.81. The van der Waals surface area contributed by atoms with Crippen molar-refractivity contribution in [1.29, 1.82) is 0 Å². The molecule has 1 aliphatic carbocycles. The molecule has 4 rings (SSSR count). The lowest BCUT2D eigenvalue weighted by atomic mass is 9.95. The van der Waals surface area contributed by atoms with Crippen molar-refractivity contribution in [3.63, 3.8) is 0 Å². The first kappa shape index (κ1) is 16.6. The van der Waals surface area contributed by atoms with E-state index in [2.05, 4.69) is 10.3 Å². The third-order valence-electron chi connectivity index (χ3n) is 4.96. The average molecular weight is 350 g/mol. The standard InChI is InChI=1S/C21H22N2O3/c1-25-16-11-9-14(10-12-16)20(24)21-19(23-15-6-3-2-4-7-15)18-17(26-21)8-5-13-22-18/h5,8-13,15,23H,2-4,6-7H2,1H3. The van der Waals surface area contributed by atoms with Gasteiger partial charge in [0, 0.05) is 17.8 Å². The van der Waals surface area contributed by atoms with Gasteiger partial charge in [0.2, 0.25) is 11.5 Å². The Morgan fingerprint density at radius 1 is 1.15 bits per heavy atom. The number of pyridine rings is 1. The summed E-state index contributed by atoms with van der Waals surface area (Å²) in [5.41, 5.74) is 2.63. The first-order valence-electron chi connectivity index (χ1n) is 9.09. The normalized spacial score (nSPS) is 15.1. The number of methoxy groups -OCH3 is 1. The third-order valence-corrected chi connectivity index (χ3v) is 4.96. The van der Waals surface area contributed by atoms with Crippen LogP contribution < -0.4 is 10.1 Å². The lowest BCUT2D eigenvalue weighted by Crippen LogP contribution is -2.23. The molecule has 2 heterocycles. The number of ketones is 1. The van der Waals surface area contributed by atoms with Crippen LogP contribution >= 0.6 is 0 Å². The molecule has 0 radical (unpaired) electrons. The van der Waals surface area contributed by atoms with Gasteiger partial charge < -0.3 is 14.5 Å². The smallest absolute Gasteiger partial charge is 0.230 e. The Balaban J connectivity index is 1.72. The number of ether oxygens (including phenoxy) is 1. The molecule has 26 heavy (non-hydrogen) atoms. The highest BCUT2D eigenvalue weighted by molar-refractivity contribution is 6.14. The molecule has 134 valence electrons. The van der Waals surface area contributed by atoms with Crippen molar-refractivity contribution in [2.45, 2.75) is 38.1 Å². The molecule has 0 aliphatic heterocycles. The van der Waals surface area contributed by atoms with Crippen molar-refractivity contribution in [2.75, 3.05) is 12.4 Å². The first-order valence-corrected chi connectivity index (χ1v) is 9.09. The fourth-order valence-corrected chi connectivity index (χ4v) is 3.55. The van der Waals surface area contributed by atoms with Crippen molar-refractivity contribution in [3.05, 3.63) is 53.9 Å². The van der Waals surface area contributed by atoms with Gasteiger partial charge in [-0.05, 0) is 49.2 Å². The second-order valence-corrected chi connectivity index (χ2v) is 6.69. The van der Waals surface area contributed by atoms with Gasteiger partial charge in [-0.15, -0.1) is 0 Å². The monoisotopic (exact) mass is 350 g/mol. The summed E-state index contributed by atoms with van der Waals surface area (Å²) >= 11 is 0. The summed E-state index contributed by atoms with van der Waals surface area (Å²) in [6.07, 6.45) is 7.64. The second-order valence-electron chi connectivity index (χ2n) is 6.69. The van der Waals surface area contributed by atoms with E-state index in [0.717, 1.165) is 18.4 Å². The van der Waals surface area contributed by atoms with E-state index in [1.165, 1.54) is 19.3 Å². The number of nitrogens with one attached hydrogen (secondary N) is 1. The zero-order valence-corrected chi connectivity index (χ0v) is 14.8. The quantitative estimate of drug-likeness (QED) is 0.669. The fraction of sp³-hybridized carbons (Fsp3) is 0.333. The summed E-state index contributed by atoms with van der Waals surface area (Å²) in [7, 11) is 1.61. The third kappa shape index (κ3) is 3.17. The number of aromatic nitrogens is 1. The number of nitrogens with zero attached hydrogens (tertiary/aromatic N) is 1. The maximum atomic E-state index is 13.1. The van der Waals surface area contributed by atoms with E-state index in [-0.39, 0.29) is 5.78 Å². The summed E-state index contributed by atoms with van der Waals surface area (Å²) in [4.78, 5) is 17.5. The molecule has 5 nitrogen and oxygen atoms in total. The van der Waals surface area contributed by atoms with Gasteiger partial charge in [0.1, 0.15) is 17.0 Å². The molecule has 1 saturated carbocycles. The van der Waals surface area contributed by atoms with Crippen LogP contribution in [0.1, 0.15) is 48.2 Å². The molecule has 1 fully saturated rings. The number of fused-ring (bicyclic) bond motifs is 1. The zero-order chi connectivity index (χ0) is 17.9. The summed E-state index contributed by atoms with van der Waals surface area (Å²) in [5, 5.41) is 3.54. The Morgan fingerprint density at radius 3 is 2.65 bits per heavy atom. The SMILES string of the molecule is COc1ccc(C(=O)c2oc3cccnc3c2NC2CCCCC2)cc1. The van der Waals surface area contributed by atoms with E-state index in [1.54, 1.807) is 37.6 Å². The minimum atomic E-state index is -0.149. The molecule has 1 N–H and O–H groups in total. The summed E-state index contributed by atoms with van der Waals surface area (Å²) in [6.45, 7) is 0. The predicted molar refractivity (Wildman–Crippen MR) is 101 cm³/mol. The van der Waals surface area contributed by atoms with Gasteiger partial charge in [0.25, 0.3) is 0 Å². The van der Waals surface area contributed by atoms with Gasteiger partial charge in [0.05, 0.1) is 7.11 Å². The number of benzene rings is 1. The lowest BCUT2D eigenvalue weighted by Gasteiger charge is -2.23. The van der Waals surface area contributed by atoms with Crippen molar-refractivity contribution in [3.8, 4) is 5.75 Å². The molecule has 0 amide bonds. The highest BCUT2D eigenvalue weighted by atomic mass is 16.5. The van der Waals surface area contributed by atoms with Crippen LogP contribution in [0.25, 0.3) is 11.1 Å². The van der Waals surface area contributed by atoms with E-state index in [0.29, 0.717) is 34.4 Å². The maximum absolute atomic E-state index is 13.1.